The molecular formula is C77H116O6. The van der Waals surface area contributed by atoms with Gasteiger partial charge in [0.15, 0.2) is 6.10 Å². The average molecular weight is 1140 g/mol. The Bertz CT molecular complexity index is 2030. The van der Waals surface area contributed by atoms with E-state index in [1.54, 1.807) is 0 Å². The summed E-state index contributed by atoms with van der Waals surface area (Å²) >= 11 is 0. The smallest absolute Gasteiger partial charge is 0.306 e. The average Bonchev–Trinajstić information content (AvgIpc) is 3.49. The van der Waals surface area contributed by atoms with Crippen molar-refractivity contribution in [1.82, 2.24) is 0 Å². The summed E-state index contributed by atoms with van der Waals surface area (Å²) in [7, 11) is 0. The highest BCUT2D eigenvalue weighted by Gasteiger charge is 2.19. The van der Waals surface area contributed by atoms with E-state index in [0.717, 1.165) is 193 Å². The van der Waals surface area contributed by atoms with Crippen LogP contribution in [0.4, 0.5) is 0 Å². The quantitative estimate of drug-likeness (QED) is 0.0261. The third-order valence-corrected chi connectivity index (χ3v) is 12.8. The molecule has 6 nitrogen and oxygen atoms in total. The van der Waals surface area contributed by atoms with Crippen LogP contribution >= 0.6 is 0 Å². The van der Waals surface area contributed by atoms with Crippen LogP contribution in [0.2, 0.25) is 0 Å². The third-order valence-electron chi connectivity index (χ3n) is 12.8. The molecule has 0 radical (unpaired) electrons. The van der Waals surface area contributed by atoms with E-state index in [1.807, 2.05) is 0 Å². The van der Waals surface area contributed by atoms with Crippen LogP contribution in [0.3, 0.4) is 0 Å². The highest BCUT2D eigenvalue weighted by atomic mass is 16.6. The Hall–Kier alpha value is -6.01. The van der Waals surface area contributed by atoms with E-state index in [9.17, 15) is 14.4 Å². The molecule has 0 rings (SSSR count). The number of unbranched alkanes of at least 4 members (excludes halogenated alkanes) is 11. The number of hydrogen-bond acceptors (Lipinski definition) is 6. The van der Waals surface area contributed by atoms with Gasteiger partial charge in [0.1, 0.15) is 13.2 Å². The van der Waals surface area contributed by atoms with Gasteiger partial charge < -0.3 is 14.2 Å². The minimum atomic E-state index is -0.817. The van der Waals surface area contributed by atoms with Gasteiger partial charge in [-0.3, -0.25) is 14.4 Å². The summed E-state index contributed by atoms with van der Waals surface area (Å²) < 4.78 is 16.7. The molecule has 0 amide bonds. The Balaban J connectivity index is 4.25. The van der Waals surface area contributed by atoms with Crippen molar-refractivity contribution in [2.24, 2.45) is 0 Å². The van der Waals surface area contributed by atoms with Gasteiger partial charge in [0.2, 0.25) is 0 Å². The monoisotopic (exact) mass is 1140 g/mol. The molecule has 0 aromatic heterocycles. The standard InChI is InChI=1S/C77H116O6/c1-4-7-10-13-15-17-19-21-23-25-27-29-31-33-35-36-37-38-39-40-42-43-45-47-49-51-53-55-57-59-61-64-67-70-76(79)82-73-74(72-81-75(78)69-66-63-12-9-6-3)83-77(80)71-68-65-62-60-58-56-54-52-50-48-46-44-41-34-32-30-28-26-24-22-20-18-16-14-11-8-5-2/h7-8,10-11,15-18,21-24,27-30,33-35,37-38,40-42,45-48,51-54,57,59,74H,4-6,9,12-14,19-20,25-26,31-32,36,39,43-44,49-50,55-56,58,60-73H2,1-3H3/b10-7-,11-8-,17-15-,18-16-,23-21-,24-22-,29-27-,30-28-,35-33-,38-37-,41-34-,42-40-,47-45-,48-46-,53-51-,54-52-,59-57-. The van der Waals surface area contributed by atoms with Crippen LogP contribution in [0.5, 0.6) is 0 Å². The Morgan fingerprint density at radius 2 is 0.470 bits per heavy atom. The number of esters is 3. The van der Waals surface area contributed by atoms with Crippen molar-refractivity contribution in [2.75, 3.05) is 13.2 Å². The van der Waals surface area contributed by atoms with Crippen LogP contribution in [0.1, 0.15) is 239 Å². The van der Waals surface area contributed by atoms with E-state index in [4.69, 9.17) is 14.2 Å². The molecule has 83 heavy (non-hydrogen) atoms. The summed E-state index contributed by atoms with van der Waals surface area (Å²) in [5, 5.41) is 0. The molecule has 0 saturated heterocycles. The van der Waals surface area contributed by atoms with Gasteiger partial charge in [0.05, 0.1) is 0 Å². The summed E-state index contributed by atoms with van der Waals surface area (Å²) in [4.78, 5) is 37.9. The maximum Gasteiger partial charge on any atom is 0.306 e. The topological polar surface area (TPSA) is 78.9 Å². The lowest BCUT2D eigenvalue weighted by Gasteiger charge is -2.18. The number of rotatable bonds is 56. The van der Waals surface area contributed by atoms with Crippen LogP contribution in [0, 0.1) is 0 Å². The van der Waals surface area contributed by atoms with E-state index < -0.39 is 6.10 Å². The fourth-order valence-corrected chi connectivity index (χ4v) is 7.98. The molecule has 0 fully saturated rings. The van der Waals surface area contributed by atoms with Crippen LogP contribution < -0.4 is 0 Å². The van der Waals surface area contributed by atoms with Crippen LogP contribution in [-0.4, -0.2) is 37.2 Å². The lowest BCUT2D eigenvalue weighted by molar-refractivity contribution is -0.167. The lowest BCUT2D eigenvalue weighted by atomic mass is 10.1. The first-order valence-corrected chi connectivity index (χ1v) is 32.6. The molecule has 0 aliphatic rings. The van der Waals surface area contributed by atoms with Gasteiger partial charge in [0.25, 0.3) is 0 Å². The number of carbonyl (C=O) groups excluding carboxylic acids is 3. The Morgan fingerprint density at radius 3 is 0.759 bits per heavy atom. The molecule has 0 aliphatic carbocycles. The van der Waals surface area contributed by atoms with Crippen LogP contribution in [0.15, 0.2) is 207 Å². The van der Waals surface area contributed by atoms with Crippen LogP contribution in [-0.2, 0) is 28.6 Å². The lowest BCUT2D eigenvalue weighted by Crippen LogP contribution is -2.30. The number of allylic oxidation sites excluding steroid dienone is 34. The van der Waals surface area contributed by atoms with Gasteiger partial charge in [-0.15, -0.1) is 0 Å². The van der Waals surface area contributed by atoms with E-state index in [-0.39, 0.29) is 44.0 Å². The summed E-state index contributed by atoms with van der Waals surface area (Å²) in [6.45, 7) is 6.25. The molecule has 0 N–H and O–H groups in total. The summed E-state index contributed by atoms with van der Waals surface area (Å²) in [5.41, 5.74) is 0. The van der Waals surface area contributed by atoms with Gasteiger partial charge >= 0.3 is 17.9 Å². The van der Waals surface area contributed by atoms with Gasteiger partial charge in [-0.05, 0) is 154 Å². The fraction of sp³-hybridized carbons (Fsp3) is 0.519. The number of ether oxygens (including phenoxy) is 3. The predicted octanol–water partition coefficient (Wildman–Crippen LogP) is 22.8. The molecule has 460 valence electrons. The zero-order valence-electron chi connectivity index (χ0n) is 52.6. The van der Waals surface area contributed by atoms with Gasteiger partial charge in [0, 0.05) is 19.3 Å². The minimum absolute atomic E-state index is 0.111. The zero-order chi connectivity index (χ0) is 59.9. The van der Waals surface area contributed by atoms with Crippen molar-refractivity contribution in [2.45, 2.75) is 245 Å². The molecule has 0 saturated carbocycles. The van der Waals surface area contributed by atoms with Crippen molar-refractivity contribution in [3.8, 4) is 0 Å². The maximum absolute atomic E-state index is 12.8. The molecule has 0 aliphatic heterocycles. The normalized spacial score (nSPS) is 13.5. The SMILES string of the molecule is CC/C=C\C/C=C\C/C=C\C/C=C\C/C=C\C/C=C\C/C=C\C/C=C\C/C=C\C/C=C\CCCCC(=O)OCC(COC(=O)CCCCCCC)OC(=O)CCCCCCC/C=C\C/C=C\C/C=C\C/C=C\C/C=C\C/C=C\C/C=C\CC. The highest BCUT2D eigenvalue weighted by Crippen LogP contribution is 2.12. The van der Waals surface area contributed by atoms with Gasteiger partial charge in [-0.1, -0.05) is 272 Å². The maximum atomic E-state index is 12.8. The highest BCUT2D eigenvalue weighted by molar-refractivity contribution is 5.71. The fourth-order valence-electron chi connectivity index (χ4n) is 7.98. The molecule has 0 aromatic carbocycles. The summed E-state index contributed by atoms with van der Waals surface area (Å²) in [6, 6.07) is 0. The summed E-state index contributed by atoms with van der Waals surface area (Å²) in [6.07, 6.45) is 106. The van der Waals surface area contributed by atoms with E-state index in [1.165, 1.54) is 0 Å². The molecule has 0 heterocycles. The summed E-state index contributed by atoms with van der Waals surface area (Å²) in [5.74, 6) is -1.00. The largest absolute Gasteiger partial charge is 0.462 e. The third kappa shape index (κ3) is 66.7. The first kappa shape index (κ1) is 77.0. The van der Waals surface area contributed by atoms with Crippen molar-refractivity contribution in [3.63, 3.8) is 0 Å². The molecule has 0 bridgehead atoms. The zero-order valence-corrected chi connectivity index (χ0v) is 52.6. The van der Waals surface area contributed by atoms with E-state index in [0.29, 0.717) is 12.8 Å². The van der Waals surface area contributed by atoms with E-state index >= 15 is 0 Å². The van der Waals surface area contributed by atoms with Crippen molar-refractivity contribution in [1.29, 1.82) is 0 Å². The number of carbonyl (C=O) groups is 3. The molecular weight excluding hydrogens is 1020 g/mol. The molecule has 0 aromatic rings. The van der Waals surface area contributed by atoms with Crippen molar-refractivity contribution >= 4 is 17.9 Å². The van der Waals surface area contributed by atoms with Crippen molar-refractivity contribution in [3.05, 3.63) is 207 Å². The van der Waals surface area contributed by atoms with Crippen LogP contribution in [0.25, 0.3) is 0 Å². The molecule has 0 spiro atoms. The van der Waals surface area contributed by atoms with E-state index in [2.05, 4.69) is 227 Å². The molecule has 1 atom stereocenters. The molecule has 1 unspecified atom stereocenters. The van der Waals surface area contributed by atoms with Gasteiger partial charge in [-0.2, -0.15) is 0 Å². The van der Waals surface area contributed by atoms with Crippen molar-refractivity contribution < 1.29 is 28.6 Å². The first-order valence-electron chi connectivity index (χ1n) is 32.6. The minimum Gasteiger partial charge on any atom is -0.462 e. The van der Waals surface area contributed by atoms with Gasteiger partial charge in [-0.25, -0.2) is 0 Å². The first-order chi connectivity index (χ1) is 41.0. The Kier molecular flexibility index (Phi) is 63.5. The molecule has 6 heteroatoms. The second-order valence-electron chi connectivity index (χ2n) is 20.6. The second-order valence-corrected chi connectivity index (χ2v) is 20.6. The number of hydrogen-bond donors (Lipinski definition) is 0. The predicted molar refractivity (Wildman–Crippen MR) is 361 cm³/mol. The second kappa shape index (κ2) is 68.5. The Morgan fingerprint density at radius 1 is 0.253 bits per heavy atom. The Labute approximate surface area is 509 Å².